The number of rotatable bonds is 6. The minimum absolute atomic E-state index is 0.941. The van der Waals surface area contributed by atoms with Crippen LogP contribution in [-0.4, -0.2) is 0 Å². The van der Waals surface area contributed by atoms with Gasteiger partial charge in [-0.3, -0.25) is 0 Å². The van der Waals surface area contributed by atoms with Gasteiger partial charge in [-0.15, -0.1) is 0 Å². The Labute approximate surface area is 83.4 Å². The molecule has 0 aromatic heterocycles. The molecule has 0 N–H and O–H groups in total. The van der Waals surface area contributed by atoms with Crippen LogP contribution >= 0.6 is 0 Å². The molecule has 0 bridgehead atoms. The normalized spacial score (nSPS) is 32.7. The van der Waals surface area contributed by atoms with Crippen LogP contribution in [0.4, 0.5) is 0 Å². The summed E-state index contributed by atoms with van der Waals surface area (Å²) in [6.07, 6.45) is 11.7. The molecule has 1 aliphatic carbocycles. The van der Waals surface area contributed by atoms with E-state index in [2.05, 4.69) is 32.9 Å². The van der Waals surface area contributed by atoms with Crippen LogP contribution in [0.5, 0.6) is 0 Å². The third-order valence-corrected chi connectivity index (χ3v) is 3.33. The maximum Gasteiger partial charge on any atom is -0.0171 e. The van der Waals surface area contributed by atoms with Gasteiger partial charge in [0.25, 0.3) is 0 Å². The lowest BCUT2D eigenvalue weighted by Gasteiger charge is -1.95. The zero-order valence-electron chi connectivity index (χ0n) is 9.42. The van der Waals surface area contributed by atoms with Crippen molar-refractivity contribution in [2.24, 2.45) is 17.8 Å². The van der Waals surface area contributed by atoms with Crippen LogP contribution in [0, 0.1) is 17.8 Å². The second kappa shape index (κ2) is 5.47. The van der Waals surface area contributed by atoms with E-state index >= 15 is 0 Å². The molecule has 13 heavy (non-hydrogen) atoms. The highest BCUT2D eigenvalue weighted by atomic mass is 14.5. The molecule has 0 nitrogen and oxygen atoms in total. The summed E-state index contributed by atoms with van der Waals surface area (Å²) >= 11 is 0. The largest absolute Gasteiger partial charge is 0.0914 e. The van der Waals surface area contributed by atoms with Crippen molar-refractivity contribution in [3.05, 3.63) is 12.2 Å². The van der Waals surface area contributed by atoms with Gasteiger partial charge in [-0.25, -0.2) is 0 Å². The summed E-state index contributed by atoms with van der Waals surface area (Å²) in [4.78, 5) is 0. The van der Waals surface area contributed by atoms with E-state index in [1.807, 2.05) is 0 Å². The fourth-order valence-electron chi connectivity index (χ4n) is 2.57. The monoisotopic (exact) mass is 180 g/mol. The number of allylic oxidation sites excluding steroid dienone is 2. The summed E-state index contributed by atoms with van der Waals surface area (Å²) in [5.74, 6) is 3.01. The Hall–Kier alpha value is -0.260. The van der Waals surface area contributed by atoms with Crippen LogP contribution in [0.2, 0.25) is 0 Å². The maximum atomic E-state index is 2.43. The summed E-state index contributed by atoms with van der Waals surface area (Å²) in [6.45, 7) is 6.75. The van der Waals surface area contributed by atoms with E-state index in [0.717, 1.165) is 17.8 Å². The van der Waals surface area contributed by atoms with Crippen molar-refractivity contribution in [1.29, 1.82) is 0 Å². The summed E-state index contributed by atoms with van der Waals surface area (Å²) in [5.41, 5.74) is 0. The first-order valence-corrected chi connectivity index (χ1v) is 5.97. The molecule has 0 amide bonds. The minimum Gasteiger partial charge on any atom is -0.0914 e. The van der Waals surface area contributed by atoms with Crippen molar-refractivity contribution >= 4 is 0 Å². The van der Waals surface area contributed by atoms with Crippen LogP contribution in [0.1, 0.15) is 52.9 Å². The highest BCUT2D eigenvalue weighted by molar-refractivity contribution is 5.07. The zero-order chi connectivity index (χ0) is 9.68. The van der Waals surface area contributed by atoms with Crippen molar-refractivity contribution in [2.75, 3.05) is 0 Å². The van der Waals surface area contributed by atoms with Crippen LogP contribution in [0.25, 0.3) is 0 Å². The average molecular weight is 180 g/mol. The Kier molecular flexibility index (Phi) is 4.55. The van der Waals surface area contributed by atoms with Crippen molar-refractivity contribution in [2.45, 2.75) is 52.9 Å². The number of hydrogen-bond donors (Lipinski definition) is 0. The van der Waals surface area contributed by atoms with Gasteiger partial charge in [0.05, 0.1) is 0 Å². The van der Waals surface area contributed by atoms with Gasteiger partial charge in [-0.05, 0) is 37.5 Å². The summed E-state index contributed by atoms with van der Waals surface area (Å²) < 4.78 is 0. The maximum absolute atomic E-state index is 2.43. The van der Waals surface area contributed by atoms with Gasteiger partial charge < -0.3 is 0 Å². The van der Waals surface area contributed by atoms with E-state index in [1.54, 1.807) is 0 Å². The molecule has 0 heteroatoms. The van der Waals surface area contributed by atoms with E-state index in [4.69, 9.17) is 0 Å². The second-order valence-electron chi connectivity index (χ2n) is 4.36. The molecule has 3 unspecified atom stereocenters. The number of hydrogen-bond acceptors (Lipinski definition) is 0. The Bertz CT molecular complexity index is 157. The SMILES string of the molecule is CC=CC1C(CCC)C1CCCC. The lowest BCUT2D eigenvalue weighted by molar-refractivity contribution is 0.573. The van der Waals surface area contributed by atoms with Crippen LogP contribution in [0.3, 0.4) is 0 Å². The molecule has 1 rings (SSSR count). The molecule has 0 saturated heterocycles. The van der Waals surface area contributed by atoms with Gasteiger partial charge >= 0.3 is 0 Å². The first kappa shape index (κ1) is 10.8. The van der Waals surface area contributed by atoms with E-state index in [0.29, 0.717) is 0 Å². The molecule has 1 aliphatic rings. The van der Waals surface area contributed by atoms with E-state index < -0.39 is 0 Å². The van der Waals surface area contributed by atoms with Crippen LogP contribution in [-0.2, 0) is 0 Å². The molecule has 0 aromatic carbocycles. The fourth-order valence-corrected chi connectivity index (χ4v) is 2.57. The van der Waals surface area contributed by atoms with Gasteiger partial charge in [0, 0.05) is 0 Å². The molecule has 0 aromatic rings. The molecule has 76 valence electrons. The molecule has 1 saturated carbocycles. The van der Waals surface area contributed by atoms with Gasteiger partial charge in [0.15, 0.2) is 0 Å². The predicted molar refractivity (Wildman–Crippen MR) is 59.7 cm³/mol. The molecule has 1 fully saturated rings. The predicted octanol–water partition coefficient (Wildman–Crippen LogP) is 4.42. The third kappa shape index (κ3) is 2.86. The van der Waals surface area contributed by atoms with Gasteiger partial charge in [0.1, 0.15) is 0 Å². The summed E-state index contributed by atoms with van der Waals surface area (Å²) in [6, 6.07) is 0. The fraction of sp³-hybridized carbons (Fsp3) is 0.846. The lowest BCUT2D eigenvalue weighted by atomic mass is 10.1. The van der Waals surface area contributed by atoms with Gasteiger partial charge in [-0.2, -0.15) is 0 Å². The van der Waals surface area contributed by atoms with Crippen molar-refractivity contribution < 1.29 is 0 Å². The smallest absolute Gasteiger partial charge is 0.0171 e. The second-order valence-corrected chi connectivity index (χ2v) is 4.36. The molecular formula is C13H24. The zero-order valence-corrected chi connectivity index (χ0v) is 9.42. The molecule has 0 radical (unpaired) electrons. The van der Waals surface area contributed by atoms with Crippen molar-refractivity contribution in [1.82, 2.24) is 0 Å². The Morgan fingerprint density at radius 1 is 1.00 bits per heavy atom. The third-order valence-electron chi connectivity index (χ3n) is 3.33. The van der Waals surface area contributed by atoms with Crippen LogP contribution < -0.4 is 0 Å². The van der Waals surface area contributed by atoms with Crippen molar-refractivity contribution in [3.8, 4) is 0 Å². The Balaban J connectivity index is 2.28. The van der Waals surface area contributed by atoms with E-state index in [1.165, 1.54) is 32.1 Å². The molecule has 0 spiro atoms. The molecule has 0 heterocycles. The summed E-state index contributed by atoms with van der Waals surface area (Å²) in [5, 5.41) is 0. The Morgan fingerprint density at radius 3 is 2.23 bits per heavy atom. The van der Waals surface area contributed by atoms with Crippen LogP contribution in [0.15, 0.2) is 12.2 Å². The first-order chi connectivity index (χ1) is 6.35. The topological polar surface area (TPSA) is 0 Å². The lowest BCUT2D eigenvalue weighted by Crippen LogP contribution is -1.82. The van der Waals surface area contributed by atoms with Gasteiger partial charge in [-0.1, -0.05) is 45.3 Å². The average Bonchev–Trinajstić information content (AvgIpc) is 2.77. The quantitative estimate of drug-likeness (QED) is 0.531. The van der Waals surface area contributed by atoms with E-state index in [9.17, 15) is 0 Å². The highest BCUT2D eigenvalue weighted by Crippen LogP contribution is 2.52. The summed E-state index contributed by atoms with van der Waals surface area (Å²) in [7, 11) is 0. The molecular weight excluding hydrogens is 156 g/mol. The van der Waals surface area contributed by atoms with Gasteiger partial charge in [0.2, 0.25) is 0 Å². The Morgan fingerprint density at radius 2 is 1.69 bits per heavy atom. The first-order valence-electron chi connectivity index (χ1n) is 5.97. The minimum atomic E-state index is 0.941. The highest BCUT2D eigenvalue weighted by Gasteiger charge is 2.45. The molecule has 0 aliphatic heterocycles. The molecule has 3 atom stereocenters. The number of unbranched alkanes of at least 4 members (excludes halogenated alkanes) is 1. The van der Waals surface area contributed by atoms with E-state index in [-0.39, 0.29) is 0 Å². The standard InChI is InChI=1S/C13H24/c1-4-7-10-13-11(8-5-2)12(13)9-6-3/h5,8,11-13H,4,6-7,9-10H2,1-3H3. The van der Waals surface area contributed by atoms with Crippen molar-refractivity contribution in [3.63, 3.8) is 0 Å².